The van der Waals surface area contributed by atoms with E-state index in [-0.39, 0.29) is 0 Å². The van der Waals surface area contributed by atoms with E-state index in [1.807, 2.05) is 42.5 Å². The van der Waals surface area contributed by atoms with Crippen LogP contribution in [0.5, 0.6) is 11.5 Å². The molecule has 4 heteroatoms. The molecule has 23 heavy (non-hydrogen) atoms. The van der Waals surface area contributed by atoms with Crippen molar-refractivity contribution in [2.75, 3.05) is 12.4 Å². The maximum Gasteiger partial charge on any atom is 0.163 e. The van der Waals surface area contributed by atoms with Gasteiger partial charge < -0.3 is 14.8 Å². The van der Waals surface area contributed by atoms with Crippen molar-refractivity contribution in [3.8, 4) is 11.5 Å². The normalized spacial score (nSPS) is 14.7. The second kappa shape index (κ2) is 7.60. The van der Waals surface area contributed by atoms with Crippen molar-refractivity contribution in [2.45, 2.75) is 38.3 Å². The first-order chi connectivity index (χ1) is 11.3. The van der Waals surface area contributed by atoms with Gasteiger partial charge in [0.15, 0.2) is 11.5 Å². The molecule has 0 aliphatic heterocycles. The molecule has 0 atom stereocenters. The largest absolute Gasteiger partial charge is 0.493 e. The lowest BCUT2D eigenvalue weighted by molar-refractivity contribution is 0.201. The topological polar surface area (TPSA) is 30.5 Å². The van der Waals surface area contributed by atoms with Crippen molar-refractivity contribution >= 4 is 17.3 Å². The lowest BCUT2D eigenvalue weighted by atomic mass is 10.2. The van der Waals surface area contributed by atoms with Crippen LogP contribution in [0.25, 0.3) is 0 Å². The van der Waals surface area contributed by atoms with Crippen molar-refractivity contribution in [2.24, 2.45) is 0 Å². The summed E-state index contributed by atoms with van der Waals surface area (Å²) in [5.41, 5.74) is 2.07. The third kappa shape index (κ3) is 4.11. The second-order valence-electron chi connectivity index (χ2n) is 5.83. The molecule has 1 saturated carbocycles. The van der Waals surface area contributed by atoms with Gasteiger partial charge in [-0.05, 0) is 49.4 Å². The average Bonchev–Trinajstić information content (AvgIpc) is 3.07. The Labute approximate surface area is 142 Å². The summed E-state index contributed by atoms with van der Waals surface area (Å²) in [6.07, 6.45) is 5.05. The summed E-state index contributed by atoms with van der Waals surface area (Å²) in [6, 6.07) is 13.8. The monoisotopic (exact) mass is 331 g/mol. The molecule has 0 unspecified atom stereocenters. The molecule has 1 fully saturated rings. The molecule has 1 N–H and O–H groups in total. The van der Waals surface area contributed by atoms with Crippen LogP contribution in [0.4, 0.5) is 5.69 Å². The van der Waals surface area contributed by atoms with E-state index in [1.165, 1.54) is 12.8 Å². The summed E-state index contributed by atoms with van der Waals surface area (Å²) in [7, 11) is 1.67. The van der Waals surface area contributed by atoms with Crippen molar-refractivity contribution in [1.29, 1.82) is 0 Å². The molecule has 1 aliphatic rings. The minimum Gasteiger partial charge on any atom is -0.493 e. The maximum atomic E-state index is 6.20. The fourth-order valence-corrected chi connectivity index (χ4v) is 3.11. The maximum absolute atomic E-state index is 6.20. The van der Waals surface area contributed by atoms with E-state index in [1.54, 1.807) is 7.11 Å². The van der Waals surface area contributed by atoms with Crippen LogP contribution >= 0.6 is 11.6 Å². The number of rotatable bonds is 6. The van der Waals surface area contributed by atoms with Crippen LogP contribution in [0.2, 0.25) is 5.02 Å². The van der Waals surface area contributed by atoms with E-state index in [0.717, 1.165) is 40.6 Å². The number of nitrogens with one attached hydrogen (secondary N) is 1. The standard InChI is InChI=1S/C19H22ClNO2/c1-22-18-11-10-15(12-19(18)23-16-7-3-4-8-16)21-13-14-6-2-5-9-17(14)20/h2,5-6,9-12,16,21H,3-4,7-8,13H2,1H3. The van der Waals surface area contributed by atoms with Crippen molar-refractivity contribution < 1.29 is 9.47 Å². The fraction of sp³-hybridized carbons (Fsp3) is 0.368. The van der Waals surface area contributed by atoms with Crippen LogP contribution < -0.4 is 14.8 Å². The predicted molar refractivity (Wildman–Crippen MR) is 94.7 cm³/mol. The van der Waals surface area contributed by atoms with Gasteiger partial charge >= 0.3 is 0 Å². The Morgan fingerprint density at radius 3 is 2.61 bits per heavy atom. The number of anilines is 1. The minimum atomic E-state index is 0.308. The van der Waals surface area contributed by atoms with Crippen LogP contribution in [0.15, 0.2) is 42.5 Å². The fourth-order valence-electron chi connectivity index (χ4n) is 2.90. The molecular weight excluding hydrogens is 310 g/mol. The highest BCUT2D eigenvalue weighted by molar-refractivity contribution is 6.31. The number of ether oxygens (including phenoxy) is 2. The lowest BCUT2D eigenvalue weighted by Gasteiger charge is -2.17. The average molecular weight is 332 g/mol. The summed E-state index contributed by atoms with van der Waals surface area (Å²) >= 11 is 6.20. The summed E-state index contributed by atoms with van der Waals surface area (Å²) in [4.78, 5) is 0. The zero-order valence-corrected chi connectivity index (χ0v) is 14.1. The zero-order valence-electron chi connectivity index (χ0n) is 13.3. The SMILES string of the molecule is COc1ccc(NCc2ccccc2Cl)cc1OC1CCCC1. The molecule has 0 aromatic heterocycles. The van der Waals surface area contributed by atoms with Crippen molar-refractivity contribution in [3.63, 3.8) is 0 Å². The van der Waals surface area contributed by atoms with Crippen LogP contribution in [0.1, 0.15) is 31.2 Å². The Morgan fingerprint density at radius 1 is 1.09 bits per heavy atom. The second-order valence-corrected chi connectivity index (χ2v) is 6.24. The highest BCUT2D eigenvalue weighted by Crippen LogP contribution is 2.34. The first-order valence-electron chi connectivity index (χ1n) is 8.08. The smallest absolute Gasteiger partial charge is 0.163 e. The summed E-state index contributed by atoms with van der Waals surface area (Å²) in [5.74, 6) is 1.59. The first-order valence-corrected chi connectivity index (χ1v) is 8.46. The zero-order chi connectivity index (χ0) is 16.1. The molecule has 0 saturated heterocycles. The van der Waals surface area contributed by atoms with Crippen molar-refractivity contribution in [3.05, 3.63) is 53.1 Å². The molecule has 3 nitrogen and oxygen atoms in total. The molecule has 2 aromatic rings. The molecule has 0 amide bonds. The molecule has 0 spiro atoms. The van der Waals surface area contributed by atoms with Gasteiger partial charge in [-0.3, -0.25) is 0 Å². The molecule has 0 radical (unpaired) electrons. The summed E-state index contributed by atoms with van der Waals surface area (Å²) < 4.78 is 11.5. The molecular formula is C19H22ClNO2. The van der Waals surface area contributed by atoms with Gasteiger partial charge in [0.1, 0.15) is 0 Å². The van der Waals surface area contributed by atoms with E-state index in [2.05, 4.69) is 5.32 Å². The summed E-state index contributed by atoms with van der Waals surface area (Å²) in [5, 5.41) is 4.17. The Balaban J connectivity index is 1.70. The van der Waals surface area contributed by atoms with E-state index in [4.69, 9.17) is 21.1 Å². The van der Waals surface area contributed by atoms with Crippen LogP contribution in [-0.4, -0.2) is 13.2 Å². The Bertz CT molecular complexity index is 654. The van der Waals surface area contributed by atoms with E-state index < -0.39 is 0 Å². The van der Waals surface area contributed by atoms with Gasteiger partial charge in [-0.2, -0.15) is 0 Å². The van der Waals surface area contributed by atoms with Gasteiger partial charge in [-0.15, -0.1) is 0 Å². The number of hydrogen-bond donors (Lipinski definition) is 1. The van der Waals surface area contributed by atoms with Gasteiger partial charge in [0, 0.05) is 23.3 Å². The number of halogens is 1. The third-order valence-electron chi connectivity index (χ3n) is 4.20. The Hall–Kier alpha value is -1.87. The highest BCUT2D eigenvalue weighted by Gasteiger charge is 2.18. The van der Waals surface area contributed by atoms with Gasteiger partial charge in [0.05, 0.1) is 13.2 Å². The number of benzene rings is 2. The highest BCUT2D eigenvalue weighted by atomic mass is 35.5. The van der Waals surface area contributed by atoms with Crippen LogP contribution in [0.3, 0.4) is 0 Å². The first kappa shape index (κ1) is 16.0. The molecule has 0 heterocycles. The van der Waals surface area contributed by atoms with E-state index in [9.17, 15) is 0 Å². The Morgan fingerprint density at radius 2 is 1.87 bits per heavy atom. The molecule has 2 aromatic carbocycles. The van der Waals surface area contributed by atoms with Gasteiger partial charge in [0.25, 0.3) is 0 Å². The van der Waals surface area contributed by atoms with E-state index >= 15 is 0 Å². The Kier molecular flexibility index (Phi) is 5.29. The van der Waals surface area contributed by atoms with Gasteiger partial charge in [-0.25, -0.2) is 0 Å². The van der Waals surface area contributed by atoms with Crippen molar-refractivity contribution in [1.82, 2.24) is 0 Å². The van der Waals surface area contributed by atoms with Gasteiger partial charge in [-0.1, -0.05) is 29.8 Å². The molecule has 0 bridgehead atoms. The van der Waals surface area contributed by atoms with Crippen LogP contribution in [0, 0.1) is 0 Å². The van der Waals surface area contributed by atoms with Gasteiger partial charge in [0.2, 0.25) is 0 Å². The molecule has 1 aliphatic carbocycles. The minimum absolute atomic E-state index is 0.308. The third-order valence-corrected chi connectivity index (χ3v) is 4.57. The molecule has 122 valence electrons. The lowest BCUT2D eigenvalue weighted by Crippen LogP contribution is -2.12. The van der Waals surface area contributed by atoms with E-state index in [0.29, 0.717) is 12.6 Å². The number of hydrogen-bond acceptors (Lipinski definition) is 3. The molecule has 3 rings (SSSR count). The quantitative estimate of drug-likeness (QED) is 0.781. The number of methoxy groups -OCH3 is 1. The predicted octanol–water partition coefficient (Wildman–Crippen LogP) is 5.28. The summed E-state index contributed by atoms with van der Waals surface area (Å²) in [6.45, 7) is 0.675. The van der Waals surface area contributed by atoms with Crippen LogP contribution in [-0.2, 0) is 6.54 Å².